The average Bonchev–Trinajstić information content (AvgIpc) is 3.29. The molecule has 0 radical (unpaired) electrons. The zero-order valence-corrected chi connectivity index (χ0v) is 16.6. The Morgan fingerprint density at radius 3 is 2.67 bits per heavy atom. The molecule has 2 aromatic heterocycles. The Hall–Kier alpha value is -3.72. The molecule has 1 fully saturated rings. The van der Waals surface area contributed by atoms with Gasteiger partial charge in [0.15, 0.2) is 12.3 Å². The number of Topliss-reactive ketones (excluding diaryl/α,β-unsaturated/α-hetero) is 1. The molecule has 0 bridgehead atoms. The molecule has 0 spiro atoms. The van der Waals surface area contributed by atoms with Crippen LogP contribution in [0.1, 0.15) is 21.9 Å². The molecule has 0 saturated carbocycles. The Morgan fingerprint density at radius 2 is 2.00 bits per heavy atom. The minimum Gasteiger partial charge on any atom is -0.484 e. The van der Waals surface area contributed by atoms with Crippen LogP contribution in [0.3, 0.4) is 0 Å². The Labute approximate surface area is 175 Å². The molecule has 1 N–H and O–H groups in total. The van der Waals surface area contributed by atoms with E-state index >= 15 is 0 Å². The number of aryl methyl sites for hydroxylation is 1. The molecule has 2 amide bonds. The molecule has 0 unspecified atom stereocenters. The smallest absolute Gasteiger partial charge is 0.290 e. The normalized spacial score (nSPS) is 14.8. The number of nitrogens with one attached hydrogen (secondary N) is 1. The first-order valence-corrected chi connectivity index (χ1v) is 9.71. The van der Waals surface area contributed by atoms with E-state index in [0.717, 1.165) is 17.3 Å². The standard InChI is InChI=1S/C21H15N3O5S/c1-12-18(23-20(29-12)13-5-3-2-4-6-13)16(25)11-28-15-8-7-14(22-10-15)9-17-19(26)24-21(27)30-17/h2-10H,11H2,1H3,(H,24,26,27)/b17-9+. The largest absolute Gasteiger partial charge is 0.484 e. The first-order chi connectivity index (χ1) is 14.5. The summed E-state index contributed by atoms with van der Waals surface area (Å²) in [5.41, 5.74) is 1.49. The number of carbonyl (C=O) groups is 3. The van der Waals surface area contributed by atoms with E-state index < -0.39 is 11.1 Å². The van der Waals surface area contributed by atoms with Crippen LogP contribution in [0.5, 0.6) is 5.75 Å². The first-order valence-electron chi connectivity index (χ1n) is 8.89. The highest BCUT2D eigenvalue weighted by molar-refractivity contribution is 8.18. The fourth-order valence-corrected chi connectivity index (χ4v) is 3.36. The minimum atomic E-state index is -0.449. The van der Waals surface area contributed by atoms with Crippen molar-refractivity contribution >= 4 is 34.8 Å². The summed E-state index contributed by atoms with van der Waals surface area (Å²) >= 11 is 0.816. The molecule has 150 valence electrons. The summed E-state index contributed by atoms with van der Waals surface area (Å²) in [4.78, 5) is 44.0. The second-order valence-electron chi connectivity index (χ2n) is 6.27. The second-order valence-corrected chi connectivity index (χ2v) is 7.29. The highest BCUT2D eigenvalue weighted by Crippen LogP contribution is 2.25. The zero-order valence-electron chi connectivity index (χ0n) is 15.7. The lowest BCUT2D eigenvalue weighted by Gasteiger charge is -2.04. The maximum atomic E-state index is 12.5. The van der Waals surface area contributed by atoms with Gasteiger partial charge >= 0.3 is 0 Å². The molecule has 0 aliphatic carbocycles. The van der Waals surface area contributed by atoms with E-state index in [2.05, 4.69) is 15.3 Å². The van der Waals surface area contributed by atoms with Crippen molar-refractivity contribution in [3.63, 3.8) is 0 Å². The second kappa shape index (κ2) is 8.34. The van der Waals surface area contributed by atoms with E-state index in [1.807, 2.05) is 30.3 Å². The van der Waals surface area contributed by atoms with Gasteiger partial charge in [-0.15, -0.1) is 0 Å². The average molecular weight is 421 g/mol. The third kappa shape index (κ3) is 4.31. The Morgan fingerprint density at radius 1 is 1.20 bits per heavy atom. The van der Waals surface area contributed by atoms with Crippen molar-refractivity contribution in [1.29, 1.82) is 0 Å². The van der Waals surface area contributed by atoms with E-state index in [-0.39, 0.29) is 23.0 Å². The molecule has 1 aromatic carbocycles. The van der Waals surface area contributed by atoms with E-state index in [0.29, 0.717) is 23.1 Å². The molecular weight excluding hydrogens is 406 g/mol. The number of amides is 2. The summed E-state index contributed by atoms with van der Waals surface area (Å²) in [5, 5.41) is 1.76. The Kier molecular flexibility index (Phi) is 5.44. The lowest BCUT2D eigenvalue weighted by molar-refractivity contribution is -0.115. The van der Waals surface area contributed by atoms with E-state index in [9.17, 15) is 14.4 Å². The molecule has 9 heteroatoms. The van der Waals surface area contributed by atoms with E-state index in [4.69, 9.17) is 9.15 Å². The predicted octanol–water partition coefficient (Wildman–Crippen LogP) is 3.63. The number of hydrogen-bond donors (Lipinski definition) is 1. The number of pyridine rings is 1. The van der Waals surface area contributed by atoms with Gasteiger partial charge in [0.1, 0.15) is 11.5 Å². The van der Waals surface area contributed by atoms with Gasteiger partial charge in [0.25, 0.3) is 11.1 Å². The lowest BCUT2D eigenvalue weighted by atomic mass is 10.2. The number of aromatic nitrogens is 2. The molecule has 4 rings (SSSR count). The molecule has 1 aliphatic rings. The first kappa shape index (κ1) is 19.6. The lowest BCUT2D eigenvalue weighted by Crippen LogP contribution is -2.17. The summed E-state index contributed by atoms with van der Waals surface area (Å²) in [7, 11) is 0. The predicted molar refractivity (Wildman–Crippen MR) is 110 cm³/mol. The number of thioether (sulfide) groups is 1. The minimum absolute atomic E-state index is 0.220. The number of hydrogen-bond acceptors (Lipinski definition) is 8. The summed E-state index contributed by atoms with van der Waals surface area (Å²) in [6.07, 6.45) is 2.94. The third-order valence-electron chi connectivity index (χ3n) is 4.13. The number of carbonyl (C=O) groups excluding carboxylic acids is 3. The SMILES string of the molecule is Cc1oc(-c2ccccc2)nc1C(=O)COc1ccc(/C=C2/SC(=O)NC2=O)nc1. The van der Waals surface area contributed by atoms with Crippen LogP contribution in [0, 0.1) is 6.92 Å². The molecule has 1 saturated heterocycles. The zero-order chi connectivity index (χ0) is 21.1. The maximum Gasteiger partial charge on any atom is 0.290 e. The fraction of sp³-hybridized carbons (Fsp3) is 0.0952. The summed E-state index contributed by atoms with van der Waals surface area (Å²) in [6.45, 7) is 1.45. The van der Waals surface area contributed by atoms with Gasteiger partial charge in [0.2, 0.25) is 11.7 Å². The Balaban J connectivity index is 1.40. The maximum absolute atomic E-state index is 12.5. The van der Waals surface area contributed by atoms with Crippen molar-refractivity contribution in [1.82, 2.24) is 15.3 Å². The molecule has 1 aliphatic heterocycles. The van der Waals surface area contributed by atoms with Crippen molar-refractivity contribution in [2.24, 2.45) is 0 Å². The number of nitrogens with zero attached hydrogens (tertiary/aromatic N) is 2. The number of benzene rings is 1. The number of ketones is 1. The molecular formula is C21H15N3O5S. The van der Waals surface area contributed by atoms with Crippen LogP contribution >= 0.6 is 11.8 Å². The van der Waals surface area contributed by atoms with Gasteiger partial charge < -0.3 is 9.15 Å². The molecule has 8 nitrogen and oxygen atoms in total. The van der Waals surface area contributed by atoms with Gasteiger partial charge in [-0.05, 0) is 49.0 Å². The number of oxazole rings is 1. The van der Waals surface area contributed by atoms with Gasteiger partial charge in [-0.2, -0.15) is 0 Å². The number of rotatable bonds is 6. The van der Waals surface area contributed by atoms with Crippen LogP contribution in [0.4, 0.5) is 4.79 Å². The highest BCUT2D eigenvalue weighted by Gasteiger charge is 2.25. The highest BCUT2D eigenvalue weighted by atomic mass is 32.2. The quantitative estimate of drug-likeness (QED) is 0.474. The summed E-state index contributed by atoms with van der Waals surface area (Å²) in [5.74, 6) is 0.416. The van der Waals surface area contributed by atoms with Crippen molar-refractivity contribution in [3.8, 4) is 17.2 Å². The fourth-order valence-electron chi connectivity index (χ4n) is 2.69. The number of imide groups is 1. The van der Waals surface area contributed by atoms with Crippen LogP contribution in [-0.4, -0.2) is 33.5 Å². The van der Waals surface area contributed by atoms with Crippen LogP contribution in [-0.2, 0) is 4.79 Å². The molecule has 0 atom stereocenters. The van der Waals surface area contributed by atoms with Crippen LogP contribution < -0.4 is 10.1 Å². The van der Waals surface area contributed by atoms with Crippen molar-refractivity contribution < 1.29 is 23.5 Å². The van der Waals surface area contributed by atoms with Gasteiger partial charge in [0, 0.05) is 5.56 Å². The topological polar surface area (TPSA) is 111 Å². The third-order valence-corrected chi connectivity index (χ3v) is 4.94. The van der Waals surface area contributed by atoms with Gasteiger partial charge in [-0.25, -0.2) is 4.98 Å². The van der Waals surface area contributed by atoms with Crippen LogP contribution in [0.15, 0.2) is 58.0 Å². The molecule has 3 aromatic rings. The molecule has 30 heavy (non-hydrogen) atoms. The van der Waals surface area contributed by atoms with Crippen molar-refractivity contribution in [3.05, 3.63) is 70.7 Å². The van der Waals surface area contributed by atoms with E-state index in [1.165, 1.54) is 12.3 Å². The summed E-state index contributed by atoms with van der Waals surface area (Å²) < 4.78 is 11.1. The Bertz CT molecular complexity index is 1150. The van der Waals surface area contributed by atoms with Gasteiger partial charge in [0.05, 0.1) is 16.8 Å². The van der Waals surface area contributed by atoms with Crippen molar-refractivity contribution in [2.75, 3.05) is 6.61 Å². The van der Waals surface area contributed by atoms with E-state index in [1.54, 1.807) is 19.1 Å². The van der Waals surface area contributed by atoms with Gasteiger partial charge in [-0.1, -0.05) is 18.2 Å². The summed E-state index contributed by atoms with van der Waals surface area (Å²) in [6, 6.07) is 12.6. The molecule has 3 heterocycles. The monoisotopic (exact) mass is 421 g/mol. The van der Waals surface area contributed by atoms with Crippen LogP contribution in [0.2, 0.25) is 0 Å². The van der Waals surface area contributed by atoms with Gasteiger partial charge in [-0.3, -0.25) is 24.7 Å². The van der Waals surface area contributed by atoms with Crippen molar-refractivity contribution in [2.45, 2.75) is 6.92 Å². The van der Waals surface area contributed by atoms with Crippen LogP contribution in [0.25, 0.3) is 17.5 Å². The number of ether oxygens (including phenoxy) is 1.